The van der Waals surface area contributed by atoms with Gasteiger partial charge in [-0.25, -0.2) is 4.57 Å². The summed E-state index contributed by atoms with van der Waals surface area (Å²) in [6.07, 6.45) is -4.43. The normalized spacial score (nSPS) is 12.7. The Morgan fingerprint density at radius 3 is 2.20 bits per heavy atom. The molecular weight excluding hydrogens is 296 g/mol. The molecule has 0 spiro atoms. The monoisotopic (exact) mass is 312 g/mol. The molecule has 0 N–H and O–H groups in total. The molecule has 0 fully saturated rings. The van der Waals surface area contributed by atoms with E-state index < -0.39 is 19.6 Å². The molecule has 1 rings (SSSR count). The van der Waals surface area contributed by atoms with E-state index >= 15 is 0 Å². The van der Waals surface area contributed by atoms with Crippen LogP contribution in [-0.2, 0) is 30.9 Å². The summed E-state index contributed by atoms with van der Waals surface area (Å²) in [6, 6.07) is 4.58. The van der Waals surface area contributed by atoms with Crippen molar-refractivity contribution in [2.45, 2.75) is 26.6 Å². The van der Waals surface area contributed by atoms with Crippen molar-refractivity contribution in [1.29, 1.82) is 0 Å². The van der Waals surface area contributed by atoms with E-state index in [1.165, 1.54) is 12.1 Å². The molecule has 20 heavy (non-hydrogen) atoms. The minimum absolute atomic E-state index is 0.111. The second-order valence-corrected chi connectivity index (χ2v) is 5.42. The Bertz CT molecular complexity index is 466. The second kappa shape index (κ2) is 7.22. The summed E-state index contributed by atoms with van der Waals surface area (Å²) < 4.78 is 64.4. The number of rotatable bonds is 7. The van der Waals surface area contributed by atoms with E-state index in [2.05, 4.69) is 0 Å². The van der Waals surface area contributed by atoms with Gasteiger partial charge in [0.1, 0.15) is 0 Å². The lowest BCUT2D eigenvalue weighted by molar-refractivity contribution is -0.137. The van der Waals surface area contributed by atoms with Crippen LogP contribution in [0.25, 0.3) is 0 Å². The van der Waals surface area contributed by atoms with Crippen LogP contribution in [-0.4, -0.2) is 13.2 Å². The number of phosphoric ester groups is 1. The zero-order chi connectivity index (χ0) is 15.2. The summed E-state index contributed by atoms with van der Waals surface area (Å²) in [7, 11) is -3.72. The number of phosphoric acid groups is 1. The zero-order valence-electron chi connectivity index (χ0n) is 11.1. The Kier molecular flexibility index (Phi) is 6.20. The van der Waals surface area contributed by atoms with E-state index in [-0.39, 0.29) is 25.4 Å². The molecule has 8 heteroatoms. The van der Waals surface area contributed by atoms with E-state index in [1.807, 2.05) is 0 Å². The van der Waals surface area contributed by atoms with Gasteiger partial charge in [-0.05, 0) is 31.5 Å². The van der Waals surface area contributed by atoms with E-state index in [0.717, 1.165) is 12.1 Å². The molecule has 0 radical (unpaired) electrons. The Balaban J connectivity index is 2.76. The first kappa shape index (κ1) is 17.2. The van der Waals surface area contributed by atoms with Gasteiger partial charge in [0.05, 0.1) is 25.4 Å². The molecule has 1 aromatic rings. The molecule has 0 heterocycles. The number of halogens is 3. The van der Waals surface area contributed by atoms with Crippen LogP contribution >= 0.6 is 7.82 Å². The van der Waals surface area contributed by atoms with E-state index in [0.29, 0.717) is 0 Å². The Morgan fingerprint density at radius 1 is 1.10 bits per heavy atom. The highest BCUT2D eigenvalue weighted by molar-refractivity contribution is 7.48. The van der Waals surface area contributed by atoms with Crippen LogP contribution in [0.3, 0.4) is 0 Å². The fourth-order valence-electron chi connectivity index (χ4n) is 1.42. The fraction of sp³-hybridized carbons (Fsp3) is 0.500. The third-order valence-corrected chi connectivity index (χ3v) is 3.81. The topological polar surface area (TPSA) is 44.8 Å². The first-order valence-electron chi connectivity index (χ1n) is 6.00. The minimum atomic E-state index is -4.43. The highest BCUT2D eigenvalue weighted by Crippen LogP contribution is 2.49. The second-order valence-electron chi connectivity index (χ2n) is 3.75. The van der Waals surface area contributed by atoms with Crippen LogP contribution in [0.4, 0.5) is 13.2 Å². The maximum absolute atomic E-state index is 12.5. The third kappa shape index (κ3) is 5.25. The van der Waals surface area contributed by atoms with Crippen molar-refractivity contribution in [2.75, 3.05) is 13.2 Å². The molecule has 0 aromatic heterocycles. The van der Waals surface area contributed by atoms with Gasteiger partial charge in [0.2, 0.25) is 0 Å². The van der Waals surface area contributed by atoms with Crippen molar-refractivity contribution in [3.05, 3.63) is 35.4 Å². The number of benzene rings is 1. The SMILES string of the molecule is CCOP(=O)(OCC)OCc1cccc(C(F)(F)F)c1. The van der Waals surface area contributed by atoms with Gasteiger partial charge in [0.25, 0.3) is 0 Å². The van der Waals surface area contributed by atoms with E-state index in [9.17, 15) is 17.7 Å². The number of hydrogen-bond acceptors (Lipinski definition) is 4. The fourth-order valence-corrected chi connectivity index (χ4v) is 2.58. The maximum atomic E-state index is 12.5. The Labute approximate surface area is 115 Å². The summed E-state index contributed by atoms with van der Waals surface area (Å²) in [5.41, 5.74) is -0.555. The predicted octanol–water partition coefficient (Wildman–Crippen LogP) is 4.40. The zero-order valence-corrected chi connectivity index (χ0v) is 12.0. The molecule has 0 aliphatic heterocycles. The van der Waals surface area contributed by atoms with Gasteiger partial charge >= 0.3 is 14.0 Å². The van der Waals surface area contributed by atoms with Gasteiger partial charge in [-0.15, -0.1) is 0 Å². The maximum Gasteiger partial charge on any atom is 0.475 e. The lowest BCUT2D eigenvalue weighted by Crippen LogP contribution is -2.06. The summed E-state index contributed by atoms with van der Waals surface area (Å²) in [5.74, 6) is 0. The molecule has 114 valence electrons. The smallest absolute Gasteiger partial charge is 0.287 e. The summed E-state index contributed by atoms with van der Waals surface area (Å²) in [4.78, 5) is 0. The largest absolute Gasteiger partial charge is 0.475 e. The van der Waals surface area contributed by atoms with Crippen LogP contribution < -0.4 is 0 Å². The molecule has 0 saturated carbocycles. The first-order chi connectivity index (χ1) is 9.30. The quantitative estimate of drug-likeness (QED) is 0.700. The van der Waals surface area contributed by atoms with Crippen molar-refractivity contribution < 1.29 is 31.3 Å². The summed E-state index contributed by atoms with van der Waals surface area (Å²) in [5, 5.41) is 0. The first-order valence-corrected chi connectivity index (χ1v) is 7.46. The van der Waals surface area contributed by atoms with Crippen LogP contribution in [0, 0.1) is 0 Å². The molecule has 0 bridgehead atoms. The lowest BCUT2D eigenvalue weighted by atomic mass is 10.1. The van der Waals surface area contributed by atoms with Crippen LogP contribution in [0.15, 0.2) is 24.3 Å². The standard InChI is InChI=1S/C12H16F3O4P/c1-3-17-20(16,18-4-2)19-9-10-6-5-7-11(8-10)12(13,14)15/h5-8H,3-4,9H2,1-2H3. The van der Waals surface area contributed by atoms with Crippen LogP contribution in [0.5, 0.6) is 0 Å². The van der Waals surface area contributed by atoms with Gasteiger partial charge in [0.15, 0.2) is 0 Å². The van der Waals surface area contributed by atoms with Gasteiger partial charge in [-0.1, -0.05) is 12.1 Å². The highest BCUT2D eigenvalue weighted by Gasteiger charge is 2.31. The molecule has 0 amide bonds. The number of hydrogen-bond donors (Lipinski definition) is 0. The molecule has 0 atom stereocenters. The molecule has 0 unspecified atom stereocenters. The Hall–Kier alpha value is -0.880. The summed E-state index contributed by atoms with van der Waals surface area (Å²) >= 11 is 0. The Morgan fingerprint density at radius 2 is 1.70 bits per heavy atom. The minimum Gasteiger partial charge on any atom is -0.287 e. The molecule has 4 nitrogen and oxygen atoms in total. The molecular formula is C12H16F3O4P. The van der Waals surface area contributed by atoms with E-state index in [1.54, 1.807) is 13.8 Å². The van der Waals surface area contributed by atoms with Gasteiger partial charge < -0.3 is 0 Å². The predicted molar refractivity (Wildman–Crippen MR) is 67.1 cm³/mol. The number of alkyl halides is 3. The summed E-state index contributed by atoms with van der Waals surface area (Å²) in [6.45, 7) is 3.15. The van der Waals surface area contributed by atoms with Crippen molar-refractivity contribution in [2.24, 2.45) is 0 Å². The molecule has 0 aliphatic rings. The molecule has 0 saturated heterocycles. The average molecular weight is 312 g/mol. The molecule has 0 aliphatic carbocycles. The molecule has 1 aromatic carbocycles. The average Bonchev–Trinajstić information content (AvgIpc) is 2.36. The van der Waals surface area contributed by atoms with Gasteiger partial charge in [-0.3, -0.25) is 13.6 Å². The lowest BCUT2D eigenvalue weighted by Gasteiger charge is -2.16. The third-order valence-electron chi connectivity index (χ3n) is 2.22. The van der Waals surface area contributed by atoms with Crippen molar-refractivity contribution in [3.63, 3.8) is 0 Å². The van der Waals surface area contributed by atoms with Gasteiger partial charge in [0, 0.05) is 0 Å². The van der Waals surface area contributed by atoms with Gasteiger partial charge in [-0.2, -0.15) is 13.2 Å². The van der Waals surface area contributed by atoms with Crippen LogP contribution in [0.2, 0.25) is 0 Å². The van der Waals surface area contributed by atoms with Crippen molar-refractivity contribution in [1.82, 2.24) is 0 Å². The van der Waals surface area contributed by atoms with Crippen molar-refractivity contribution in [3.8, 4) is 0 Å². The highest BCUT2D eigenvalue weighted by atomic mass is 31.2. The van der Waals surface area contributed by atoms with E-state index in [4.69, 9.17) is 13.6 Å². The van der Waals surface area contributed by atoms with Crippen molar-refractivity contribution >= 4 is 7.82 Å². The van der Waals surface area contributed by atoms with Crippen LogP contribution in [0.1, 0.15) is 25.0 Å².